The Hall–Kier alpha value is -4.22. The molecule has 6 rings (SSSR count). The summed E-state index contributed by atoms with van der Waals surface area (Å²) >= 11 is 0. The molecule has 0 bridgehead atoms. The van der Waals surface area contributed by atoms with Crippen molar-refractivity contribution in [1.29, 1.82) is 0 Å². The molecule has 0 aromatic carbocycles. The summed E-state index contributed by atoms with van der Waals surface area (Å²) < 4.78 is 6.75. The number of anilines is 3. The quantitative estimate of drug-likeness (QED) is 0.411. The van der Waals surface area contributed by atoms with Crippen molar-refractivity contribution in [2.45, 2.75) is 39.2 Å². The number of hydrogen-bond donors (Lipinski definition) is 3. The summed E-state index contributed by atoms with van der Waals surface area (Å²) in [6, 6.07) is 5.42. The molecule has 0 aliphatic carbocycles. The fourth-order valence-electron chi connectivity index (χ4n) is 5.94. The summed E-state index contributed by atoms with van der Waals surface area (Å²) in [6.45, 7) is 11.5. The molecule has 0 spiro atoms. The van der Waals surface area contributed by atoms with Crippen LogP contribution in [0.5, 0.6) is 0 Å². The van der Waals surface area contributed by atoms with E-state index in [0.29, 0.717) is 66.0 Å². The maximum absolute atomic E-state index is 13.9. The molecule has 42 heavy (non-hydrogen) atoms. The van der Waals surface area contributed by atoms with Crippen LogP contribution in [0.4, 0.5) is 17.3 Å². The number of rotatable bonds is 6. The smallest absolute Gasteiger partial charge is 0.275 e. The number of aliphatic hydroxyl groups is 1. The van der Waals surface area contributed by atoms with E-state index in [1.54, 1.807) is 36.5 Å². The first-order chi connectivity index (χ1) is 20.1. The summed E-state index contributed by atoms with van der Waals surface area (Å²) in [4.78, 5) is 35.2. The number of aromatic amines is 1. The Morgan fingerprint density at radius 2 is 2.02 bits per heavy atom. The fourth-order valence-corrected chi connectivity index (χ4v) is 5.94. The molecule has 1 amide bonds. The highest BCUT2D eigenvalue weighted by atomic mass is 16.5. The van der Waals surface area contributed by atoms with Crippen molar-refractivity contribution in [3.63, 3.8) is 0 Å². The SMILES string of the molecule is C=C1/C=C2/C(=O)N(c3nccc(-c4cc(Nc5cc(C6COC6)[nH]n5)c(=O)n(C)c4)c3CO)CCN2CCC(C)(C)C1. The van der Waals surface area contributed by atoms with Crippen LogP contribution in [0, 0.1) is 5.41 Å². The third kappa shape index (κ3) is 5.25. The first kappa shape index (κ1) is 27.9. The maximum Gasteiger partial charge on any atom is 0.275 e. The number of ether oxygens (including phenoxy) is 1. The Morgan fingerprint density at radius 3 is 2.76 bits per heavy atom. The predicted molar refractivity (Wildman–Crippen MR) is 160 cm³/mol. The molecule has 6 heterocycles. The van der Waals surface area contributed by atoms with Gasteiger partial charge in [0.05, 0.1) is 19.8 Å². The fraction of sp³-hybridized carbons (Fsp3) is 0.419. The zero-order chi connectivity index (χ0) is 29.6. The van der Waals surface area contributed by atoms with Gasteiger partial charge >= 0.3 is 0 Å². The zero-order valence-corrected chi connectivity index (χ0v) is 24.3. The van der Waals surface area contributed by atoms with Gasteiger partial charge in [-0.2, -0.15) is 5.10 Å². The van der Waals surface area contributed by atoms with Crippen molar-refractivity contribution >= 4 is 23.2 Å². The van der Waals surface area contributed by atoms with E-state index in [-0.39, 0.29) is 29.4 Å². The Balaban J connectivity index is 1.33. The molecule has 3 aliphatic rings. The first-order valence-electron chi connectivity index (χ1n) is 14.3. The van der Waals surface area contributed by atoms with Gasteiger partial charge in [-0.15, -0.1) is 0 Å². The molecule has 3 N–H and O–H groups in total. The number of nitrogens with zero attached hydrogens (tertiary/aromatic N) is 5. The van der Waals surface area contributed by atoms with Gasteiger partial charge in [0.2, 0.25) is 0 Å². The van der Waals surface area contributed by atoms with E-state index in [2.05, 4.69) is 45.8 Å². The van der Waals surface area contributed by atoms with Gasteiger partial charge in [-0.1, -0.05) is 26.0 Å². The van der Waals surface area contributed by atoms with Crippen molar-refractivity contribution in [3.05, 3.63) is 76.1 Å². The van der Waals surface area contributed by atoms with E-state index in [4.69, 9.17) is 4.74 Å². The molecule has 3 aromatic rings. The minimum absolute atomic E-state index is 0.119. The molecule has 11 heteroatoms. The molecule has 3 aliphatic heterocycles. The number of aliphatic hydroxyl groups excluding tert-OH is 1. The largest absolute Gasteiger partial charge is 0.392 e. The lowest BCUT2D eigenvalue weighted by atomic mass is 9.81. The number of carbonyl (C=O) groups excluding carboxylic acids is 1. The van der Waals surface area contributed by atoms with Crippen LogP contribution in [-0.4, -0.2) is 68.5 Å². The average Bonchev–Trinajstić information content (AvgIpc) is 3.36. The predicted octanol–water partition coefficient (Wildman–Crippen LogP) is 3.43. The van der Waals surface area contributed by atoms with E-state index in [1.165, 1.54) is 4.57 Å². The first-order valence-corrected chi connectivity index (χ1v) is 14.3. The Morgan fingerprint density at radius 1 is 1.21 bits per heavy atom. The van der Waals surface area contributed by atoms with Gasteiger partial charge in [-0.05, 0) is 42.0 Å². The van der Waals surface area contributed by atoms with E-state index in [0.717, 1.165) is 30.7 Å². The summed E-state index contributed by atoms with van der Waals surface area (Å²) in [5.74, 6) is 1.06. The van der Waals surface area contributed by atoms with Gasteiger partial charge < -0.3 is 24.6 Å². The number of amides is 1. The highest BCUT2D eigenvalue weighted by Crippen LogP contribution is 2.36. The van der Waals surface area contributed by atoms with Crippen LogP contribution >= 0.6 is 0 Å². The van der Waals surface area contributed by atoms with Crippen molar-refractivity contribution in [3.8, 4) is 11.1 Å². The topological polar surface area (TPSA) is 129 Å². The summed E-state index contributed by atoms with van der Waals surface area (Å²) in [7, 11) is 1.68. The second-order valence-corrected chi connectivity index (χ2v) is 12.2. The molecule has 220 valence electrons. The van der Waals surface area contributed by atoms with Crippen LogP contribution in [0.2, 0.25) is 0 Å². The molecule has 11 nitrogen and oxygen atoms in total. The van der Waals surface area contributed by atoms with Crippen LogP contribution in [0.15, 0.2) is 59.3 Å². The van der Waals surface area contributed by atoms with Gasteiger partial charge in [0.1, 0.15) is 17.2 Å². The lowest BCUT2D eigenvalue weighted by Crippen LogP contribution is -2.50. The maximum atomic E-state index is 13.9. The van der Waals surface area contributed by atoms with Crippen LogP contribution in [-0.2, 0) is 23.2 Å². The highest BCUT2D eigenvalue weighted by molar-refractivity contribution is 6.06. The Bertz CT molecular complexity index is 1630. The van der Waals surface area contributed by atoms with E-state index in [9.17, 15) is 14.7 Å². The zero-order valence-electron chi connectivity index (χ0n) is 24.3. The summed E-state index contributed by atoms with van der Waals surface area (Å²) in [5.41, 5.74) is 4.62. The molecule has 2 saturated heterocycles. The average molecular weight is 572 g/mol. The van der Waals surface area contributed by atoms with Crippen LogP contribution in [0.3, 0.4) is 0 Å². The molecule has 0 atom stereocenters. The number of nitrogens with one attached hydrogen (secondary N) is 2. The van der Waals surface area contributed by atoms with Gasteiger partial charge in [0, 0.05) is 67.9 Å². The van der Waals surface area contributed by atoms with Gasteiger partial charge in [0.25, 0.3) is 11.5 Å². The molecule has 0 unspecified atom stereocenters. The Kier molecular flexibility index (Phi) is 7.24. The van der Waals surface area contributed by atoms with Crippen molar-refractivity contribution < 1.29 is 14.6 Å². The van der Waals surface area contributed by atoms with Crippen molar-refractivity contribution in [2.24, 2.45) is 12.5 Å². The molecular weight excluding hydrogens is 534 g/mol. The second kappa shape index (κ2) is 10.9. The number of aromatic nitrogens is 4. The number of aryl methyl sites for hydroxylation is 1. The third-order valence-electron chi connectivity index (χ3n) is 8.38. The van der Waals surface area contributed by atoms with Gasteiger partial charge in [0.15, 0.2) is 5.82 Å². The van der Waals surface area contributed by atoms with Gasteiger partial charge in [-0.3, -0.25) is 19.6 Å². The molecule has 0 radical (unpaired) electrons. The molecule has 3 aromatic heterocycles. The monoisotopic (exact) mass is 571 g/mol. The van der Waals surface area contributed by atoms with Gasteiger partial charge in [-0.25, -0.2) is 4.98 Å². The van der Waals surface area contributed by atoms with E-state index < -0.39 is 0 Å². The molecular formula is C31H37N7O4. The van der Waals surface area contributed by atoms with E-state index >= 15 is 0 Å². The normalized spacial score (nSPS) is 20.3. The summed E-state index contributed by atoms with van der Waals surface area (Å²) in [6.07, 6.45) is 7.04. The number of allylic oxidation sites excluding steroid dienone is 2. The lowest BCUT2D eigenvalue weighted by Gasteiger charge is -2.41. The summed E-state index contributed by atoms with van der Waals surface area (Å²) in [5, 5.41) is 21.0. The molecule has 0 saturated carbocycles. The minimum Gasteiger partial charge on any atom is -0.392 e. The Labute approximate surface area is 244 Å². The van der Waals surface area contributed by atoms with Crippen molar-refractivity contribution in [2.75, 3.05) is 43.1 Å². The minimum atomic E-state index is -0.330. The number of hydrogen-bond acceptors (Lipinski definition) is 8. The van der Waals surface area contributed by atoms with Crippen LogP contribution in [0.25, 0.3) is 11.1 Å². The second-order valence-electron chi connectivity index (χ2n) is 12.2. The standard InChI is InChI=1S/C31H37N7O4/c1-19-11-26-30(41)38(10-9-37(26)8-6-31(2,3)14-19)28-23(16-39)22(5-7-32-28)20-12-25(29(40)36(4)15-20)33-27-13-24(34-35-27)21-17-42-18-21/h5,7,11-13,15,21,39H,1,6,8-10,14,16-18H2,2-4H3,(H2,33,34,35)/b26-11-. The number of carbonyl (C=O) groups is 1. The molecule has 2 fully saturated rings. The van der Waals surface area contributed by atoms with E-state index in [1.807, 2.05) is 12.1 Å². The number of fused-ring (bicyclic) bond motifs is 1. The lowest BCUT2D eigenvalue weighted by molar-refractivity contribution is -0.118. The van der Waals surface area contributed by atoms with Crippen LogP contribution < -0.4 is 15.8 Å². The third-order valence-corrected chi connectivity index (χ3v) is 8.38. The number of pyridine rings is 2. The van der Waals surface area contributed by atoms with Crippen molar-refractivity contribution in [1.82, 2.24) is 24.6 Å². The number of H-pyrrole nitrogens is 1. The number of piperazine rings is 1. The van der Waals surface area contributed by atoms with Crippen LogP contribution in [0.1, 0.15) is 43.9 Å². The highest BCUT2D eigenvalue weighted by Gasteiger charge is 2.35.